The summed E-state index contributed by atoms with van der Waals surface area (Å²) >= 11 is 1.24. The van der Waals surface area contributed by atoms with Gasteiger partial charge in [0.05, 0.1) is 0 Å². The molecule has 3 aromatic rings. The summed E-state index contributed by atoms with van der Waals surface area (Å²) in [5, 5.41) is 8.63. The Hall–Kier alpha value is -2.27. The second-order valence-corrected chi connectivity index (χ2v) is 5.02. The van der Waals surface area contributed by atoms with Gasteiger partial charge in [-0.2, -0.15) is 0 Å². The number of nitrogen functional groups attached to an aromatic ring is 1. The van der Waals surface area contributed by atoms with Crippen LogP contribution in [0.5, 0.6) is 0 Å². The Kier molecular flexibility index (Phi) is 2.97. The van der Waals surface area contributed by atoms with E-state index in [1.54, 1.807) is 6.07 Å². The van der Waals surface area contributed by atoms with Crippen LogP contribution in [0.15, 0.2) is 48.5 Å². The highest BCUT2D eigenvalue weighted by atomic mass is 32.1. The van der Waals surface area contributed by atoms with E-state index in [9.17, 15) is 4.39 Å². The average Bonchev–Trinajstić information content (AvgIpc) is 2.86. The number of aromatic nitrogens is 2. The van der Waals surface area contributed by atoms with Crippen LogP contribution in [0.1, 0.15) is 0 Å². The van der Waals surface area contributed by atoms with Gasteiger partial charge in [-0.1, -0.05) is 53.8 Å². The quantitative estimate of drug-likeness (QED) is 0.775. The summed E-state index contributed by atoms with van der Waals surface area (Å²) in [6.07, 6.45) is 0. The van der Waals surface area contributed by atoms with Crippen LogP contribution >= 0.6 is 11.3 Å². The summed E-state index contributed by atoms with van der Waals surface area (Å²) in [5.41, 5.74) is 7.63. The van der Waals surface area contributed by atoms with E-state index in [1.165, 1.54) is 17.4 Å². The summed E-state index contributed by atoms with van der Waals surface area (Å²) in [5.74, 6) is -0.280. The monoisotopic (exact) mass is 271 g/mol. The van der Waals surface area contributed by atoms with Gasteiger partial charge >= 0.3 is 0 Å². The predicted octanol–water partition coefficient (Wildman–Crippen LogP) is 3.59. The Bertz CT molecular complexity index is 710. The molecular formula is C14H10FN3S. The zero-order valence-electron chi connectivity index (χ0n) is 9.88. The first-order valence-corrected chi connectivity index (χ1v) is 6.50. The fourth-order valence-electron chi connectivity index (χ4n) is 1.85. The van der Waals surface area contributed by atoms with Crippen LogP contribution < -0.4 is 5.73 Å². The first kappa shape index (κ1) is 11.8. The number of hydrogen-bond acceptors (Lipinski definition) is 4. The predicted molar refractivity (Wildman–Crippen MR) is 75.2 cm³/mol. The maximum Gasteiger partial charge on any atom is 0.203 e. The van der Waals surface area contributed by atoms with Crippen molar-refractivity contribution in [1.29, 1.82) is 0 Å². The largest absolute Gasteiger partial charge is 0.374 e. The molecule has 3 nitrogen and oxygen atoms in total. The van der Waals surface area contributed by atoms with Gasteiger partial charge in [0.1, 0.15) is 10.8 Å². The zero-order chi connectivity index (χ0) is 13.2. The van der Waals surface area contributed by atoms with E-state index in [-0.39, 0.29) is 5.82 Å². The molecule has 1 heterocycles. The highest BCUT2D eigenvalue weighted by Gasteiger charge is 2.09. The van der Waals surface area contributed by atoms with Crippen molar-refractivity contribution >= 4 is 16.5 Å². The van der Waals surface area contributed by atoms with Gasteiger partial charge in [0.15, 0.2) is 0 Å². The number of benzene rings is 2. The third-order valence-electron chi connectivity index (χ3n) is 2.74. The van der Waals surface area contributed by atoms with Gasteiger partial charge in [0.2, 0.25) is 5.13 Å². The first-order chi connectivity index (χ1) is 9.24. The smallest absolute Gasteiger partial charge is 0.203 e. The lowest BCUT2D eigenvalue weighted by molar-refractivity contribution is 0.632. The molecule has 0 aliphatic carbocycles. The fourth-order valence-corrected chi connectivity index (χ4v) is 2.46. The zero-order valence-corrected chi connectivity index (χ0v) is 10.7. The summed E-state index contributed by atoms with van der Waals surface area (Å²) in [7, 11) is 0. The number of hydrogen-bond donors (Lipinski definition) is 1. The summed E-state index contributed by atoms with van der Waals surface area (Å²) in [4.78, 5) is 0. The fraction of sp³-hybridized carbons (Fsp3) is 0. The van der Waals surface area contributed by atoms with E-state index in [0.29, 0.717) is 21.3 Å². The first-order valence-electron chi connectivity index (χ1n) is 5.68. The summed E-state index contributed by atoms with van der Waals surface area (Å²) in [6.45, 7) is 0. The van der Waals surface area contributed by atoms with Gasteiger partial charge in [-0.05, 0) is 11.6 Å². The van der Waals surface area contributed by atoms with Crippen molar-refractivity contribution in [2.75, 3.05) is 5.73 Å². The molecule has 0 amide bonds. The highest BCUT2D eigenvalue weighted by molar-refractivity contribution is 7.18. The molecule has 1 aromatic heterocycles. The Morgan fingerprint density at radius 3 is 2.37 bits per heavy atom. The van der Waals surface area contributed by atoms with Gasteiger partial charge in [0, 0.05) is 11.1 Å². The molecule has 0 bridgehead atoms. The minimum Gasteiger partial charge on any atom is -0.374 e. The molecule has 0 spiro atoms. The van der Waals surface area contributed by atoms with Gasteiger partial charge < -0.3 is 5.73 Å². The second-order valence-electron chi connectivity index (χ2n) is 4.01. The van der Waals surface area contributed by atoms with E-state index in [0.717, 1.165) is 5.56 Å². The average molecular weight is 271 g/mol. The molecule has 0 aliphatic rings. The molecule has 0 aliphatic heterocycles. The topological polar surface area (TPSA) is 51.8 Å². The maximum atomic E-state index is 14.2. The van der Waals surface area contributed by atoms with E-state index in [4.69, 9.17) is 5.73 Å². The molecule has 2 N–H and O–H groups in total. The Labute approximate surface area is 113 Å². The lowest BCUT2D eigenvalue weighted by atomic mass is 10.0. The van der Waals surface area contributed by atoms with Crippen LogP contribution in [0.3, 0.4) is 0 Å². The number of nitrogens with zero attached hydrogens (tertiary/aromatic N) is 2. The standard InChI is InChI=1S/C14H10FN3S/c15-12-8-10(13-17-18-14(16)19-13)6-7-11(12)9-4-2-1-3-5-9/h1-8H,(H2,16,18). The minimum atomic E-state index is -0.280. The molecule has 19 heavy (non-hydrogen) atoms. The molecule has 0 atom stereocenters. The lowest BCUT2D eigenvalue weighted by Gasteiger charge is -2.04. The van der Waals surface area contributed by atoms with E-state index >= 15 is 0 Å². The van der Waals surface area contributed by atoms with Crippen molar-refractivity contribution in [3.63, 3.8) is 0 Å². The van der Waals surface area contributed by atoms with Crippen LogP contribution in [0.4, 0.5) is 9.52 Å². The van der Waals surface area contributed by atoms with Gasteiger partial charge in [-0.25, -0.2) is 4.39 Å². The van der Waals surface area contributed by atoms with Gasteiger partial charge in [-0.15, -0.1) is 10.2 Å². The Morgan fingerprint density at radius 1 is 0.947 bits per heavy atom. The van der Waals surface area contributed by atoms with E-state index in [1.807, 2.05) is 36.4 Å². The van der Waals surface area contributed by atoms with Crippen LogP contribution in [-0.2, 0) is 0 Å². The molecule has 2 aromatic carbocycles. The van der Waals surface area contributed by atoms with Crippen LogP contribution in [-0.4, -0.2) is 10.2 Å². The van der Waals surface area contributed by atoms with Crippen molar-refractivity contribution in [3.8, 4) is 21.7 Å². The van der Waals surface area contributed by atoms with Crippen molar-refractivity contribution in [1.82, 2.24) is 10.2 Å². The van der Waals surface area contributed by atoms with Crippen LogP contribution in [0.2, 0.25) is 0 Å². The Morgan fingerprint density at radius 2 is 1.74 bits per heavy atom. The van der Waals surface area contributed by atoms with Crippen molar-refractivity contribution in [2.45, 2.75) is 0 Å². The summed E-state index contributed by atoms with van der Waals surface area (Å²) in [6, 6.07) is 14.5. The normalized spacial score (nSPS) is 10.6. The number of halogens is 1. The third kappa shape index (κ3) is 2.32. The van der Waals surface area contributed by atoms with Crippen LogP contribution in [0, 0.1) is 5.82 Å². The maximum absolute atomic E-state index is 14.2. The Balaban J connectivity index is 2.03. The van der Waals surface area contributed by atoms with Crippen molar-refractivity contribution in [2.24, 2.45) is 0 Å². The van der Waals surface area contributed by atoms with Crippen molar-refractivity contribution in [3.05, 3.63) is 54.3 Å². The second kappa shape index (κ2) is 4.78. The van der Waals surface area contributed by atoms with E-state index < -0.39 is 0 Å². The SMILES string of the molecule is Nc1nnc(-c2ccc(-c3ccccc3)c(F)c2)s1. The molecule has 0 radical (unpaired) electrons. The third-order valence-corrected chi connectivity index (χ3v) is 3.54. The molecule has 0 saturated carbocycles. The summed E-state index contributed by atoms with van der Waals surface area (Å²) < 4.78 is 14.2. The van der Waals surface area contributed by atoms with Gasteiger partial charge in [0.25, 0.3) is 0 Å². The molecule has 0 unspecified atom stereocenters. The highest BCUT2D eigenvalue weighted by Crippen LogP contribution is 2.29. The lowest BCUT2D eigenvalue weighted by Crippen LogP contribution is -1.86. The number of rotatable bonds is 2. The molecular weight excluding hydrogens is 261 g/mol. The van der Waals surface area contributed by atoms with E-state index in [2.05, 4.69) is 10.2 Å². The molecule has 0 saturated heterocycles. The van der Waals surface area contributed by atoms with Crippen molar-refractivity contribution < 1.29 is 4.39 Å². The number of nitrogens with two attached hydrogens (primary N) is 1. The molecule has 0 fully saturated rings. The number of anilines is 1. The van der Waals surface area contributed by atoms with Crippen LogP contribution in [0.25, 0.3) is 21.7 Å². The van der Waals surface area contributed by atoms with Gasteiger partial charge in [-0.3, -0.25) is 0 Å². The molecule has 3 rings (SSSR count). The minimum absolute atomic E-state index is 0.280. The molecule has 5 heteroatoms. The molecule has 94 valence electrons.